The summed E-state index contributed by atoms with van der Waals surface area (Å²) < 4.78 is 5.35. The molecule has 1 atom stereocenters. The van der Waals surface area contributed by atoms with Gasteiger partial charge in [-0.1, -0.05) is 19.1 Å². The number of hydrogen-bond acceptors (Lipinski definition) is 3. The van der Waals surface area contributed by atoms with Crippen LogP contribution in [0.2, 0.25) is 0 Å². The first-order chi connectivity index (χ1) is 8.19. The summed E-state index contributed by atoms with van der Waals surface area (Å²) in [6.07, 6.45) is 1.17. The highest BCUT2D eigenvalue weighted by atomic mass is 16.5. The van der Waals surface area contributed by atoms with Gasteiger partial charge in [0.2, 0.25) is 0 Å². The number of likely N-dealkylation sites (N-methyl/N-ethyl adjacent to an activating group) is 1. The van der Waals surface area contributed by atoms with Crippen molar-refractivity contribution >= 4 is 5.69 Å². The summed E-state index contributed by atoms with van der Waals surface area (Å²) in [5, 5.41) is 3.49. The molecule has 1 N–H and O–H groups in total. The normalized spacial score (nSPS) is 12.2. The SMILES string of the molecule is CCC(C)NCCN(C)c1ccccc1OC. The molecule has 17 heavy (non-hydrogen) atoms. The number of methoxy groups -OCH3 is 1. The number of ether oxygens (including phenoxy) is 1. The molecule has 0 spiro atoms. The number of rotatable bonds is 7. The highest BCUT2D eigenvalue weighted by Gasteiger charge is 2.06. The second-order valence-corrected chi connectivity index (χ2v) is 4.36. The first-order valence-electron chi connectivity index (χ1n) is 6.26. The summed E-state index contributed by atoms with van der Waals surface area (Å²) >= 11 is 0. The third kappa shape index (κ3) is 4.27. The van der Waals surface area contributed by atoms with Crippen LogP contribution in [-0.2, 0) is 0 Å². The van der Waals surface area contributed by atoms with Gasteiger partial charge in [0, 0.05) is 26.2 Å². The van der Waals surface area contributed by atoms with Gasteiger partial charge >= 0.3 is 0 Å². The fourth-order valence-electron chi connectivity index (χ4n) is 1.69. The molecule has 0 saturated carbocycles. The first kappa shape index (κ1) is 13.8. The monoisotopic (exact) mass is 236 g/mol. The van der Waals surface area contributed by atoms with Crippen molar-refractivity contribution in [1.82, 2.24) is 5.32 Å². The Morgan fingerprint density at radius 2 is 2.06 bits per heavy atom. The van der Waals surface area contributed by atoms with Gasteiger partial charge in [0.15, 0.2) is 0 Å². The molecule has 1 rings (SSSR count). The largest absolute Gasteiger partial charge is 0.495 e. The molecular formula is C14H24N2O. The Kier molecular flexibility index (Phi) is 5.84. The van der Waals surface area contributed by atoms with Crippen molar-refractivity contribution in [2.45, 2.75) is 26.3 Å². The summed E-state index contributed by atoms with van der Waals surface area (Å²) in [6.45, 7) is 6.37. The molecule has 3 nitrogen and oxygen atoms in total. The van der Waals surface area contributed by atoms with E-state index >= 15 is 0 Å². The summed E-state index contributed by atoms with van der Waals surface area (Å²) in [5.74, 6) is 0.929. The highest BCUT2D eigenvalue weighted by molar-refractivity contribution is 5.57. The van der Waals surface area contributed by atoms with Crippen molar-refractivity contribution in [3.8, 4) is 5.75 Å². The lowest BCUT2D eigenvalue weighted by molar-refractivity contribution is 0.414. The topological polar surface area (TPSA) is 24.5 Å². The number of para-hydroxylation sites is 2. The third-order valence-corrected chi connectivity index (χ3v) is 3.05. The molecule has 1 unspecified atom stereocenters. The van der Waals surface area contributed by atoms with Crippen LogP contribution in [0.4, 0.5) is 5.69 Å². The maximum atomic E-state index is 5.35. The fraction of sp³-hybridized carbons (Fsp3) is 0.571. The van der Waals surface area contributed by atoms with Gasteiger partial charge in [-0.25, -0.2) is 0 Å². The van der Waals surface area contributed by atoms with Crippen LogP contribution in [0.25, 0.3) is 0 Å². The van der Waals surface area contributed by atoms with Crippen molar-refractivity contribution in [2.75, 3.05) is 32.1 Å². The first-order valence-corrected chi connectivity index (χ1v) is 6.26. The lowest BCUT2D eigenvalue weighted by Crippen LogP contribution is -2.34. The van der Waals surface area contributed by atoms with Gasteiger partial charge in [0.1, 0.15) is 5.75 Å². The zero-order chi connectivity index (χ0) is 12.7. The van der Waals surface area contributed by atoms with E-state index in [4.69, 9.17) is 4.74 Å². The smallest absolute Gasteiger partial charge is 0.142 e. The van der Waals surface area contributed by atoms with Crippen molar-refractivity contribution in [3.05, 3.63) is 24.3 Å². The molecule has 0 aliphatic heterocycles. The number of hydrogen-bond donors (Lipinski definition) is 1. The average Bonchev–Trinajstić information content (AvgIpc) is 2.38. The zero-order valence-electron chi connectivity index (χ0n) is 11.4. The molecule has 0 aliphatic carbocycles. The lowest BCUT2D eigenvalue weighted by atomic mass is 10.2. The van der Waals surface area contributed by atoms with Gasteiger partial charge < -0.3 is 15.0 Å². The molecule has 0 heterocycles. The second kappa shape index (κ2) is 7.17. The average molecular weight is 236 g/mol. The van der Waals surface area contributed by atoms with Crippen molar-refractivity contribution < 1.29 is 4.74 Å². The summed E-state index contributed by atoms with van der Waals surface area (Å²) in [6, 6.07) is 8.70. The molecule has 0 aromatic heterocycles. The Balaban J connectivity index is 2.49. The quantitative estimate of drug-likeness (QED) is 0.787. The molecule has 0 radical (unpaired) electrons. The minimum atomic E-state index is 0.584. The second-order valence-electron chi connectivity index (χ2n) is 4.36. The number of nitrogens with one attached hydrogen (secondary N) is 1. The minimum absolute atomic E-state index is 0.584. The Morgan fingerprint density at radius 3 is 2.71 bits per heavy atom. The number of benzene rings is 1. The van der Waals surface area contributed by atoms with Crippen LogP contribution in [0.15, 0.2) is 24.3 Å². The standard InChI is InChI=1S/C14H24N2O/c1-5-12(2)15-10-11-16(3)13-8-6-7-9-14(13)17-4/h6-9,12,15H,5,10-11H2,1-4H3. The van der Waals surface area contributed by atoms with Crippen molar-refractivity contribution in [3.63, 3.8) is 0 Å². The van der Waals surface area contributed by atoms with Crippen molar-refractivity contribution in [1.29, 1.82) is 0 Å². The maximum Gasteiger partial charge on any atom is 0.142 e. The Hall–Kier alpha value is -1.22. The van der Waals surface area contributed by atoms with Crippen LogP contribution in [0.5, 0.6) is 5.75 Å². The molecular weight excluding hydrogens is 212 g/mol. The van der Waals surface area contributed by atoms with Crippen LogP contribution in [0.3, 0.4) is 0 Å². The van der Waals surface area contributed by atoms with Crippen LogP contribution >= 0.6 is 0 Å². The zero-order valence-corrected chi connectivity index (χ0v) is 11.4. The van der Waals surface area contributed by atoms with Crippen LogP contribution < -0.4 is 15.0 Å². The van der Waals surface area contributed by atoms with E-state index in [0.29, 0.717) is 6.04 Å². The van der Waals surface area contributed by atoms with Gasteiger partial charge in [-0.15, -0.1) is 0 Å². The van der Waals surface area contributed by atoms with E-state index in [1.165, 1.54) is 6.42 Å². The van der Waals surface area contributed by atoms with E-state index in [-0.39, 0.29) is 0 Å². The van der Waals surface area contributed by atoms with E-state index in [0.717, 1.165) is 24.5 Å². The van der Waals surface area contributed by atoms with E-state index in [1.807, 2.05) is 18.2 Å². The minimum Gasteiger partial charge on any atom is -0.495 e. The maximum absolute atomic E-state index is 5.35. The molecule has 1 aromatic rings. The number of anilines is 1. The third-order valence-electron chi connectivity index (χ3n) is 3.05. The Morgan fingerprint density at radius 1 is 1.35 bits per heavy atom. The molecule has 96 valence electrons. The van der Waals surface area contributed by atoms with Crippen LogP contribution in [-0.4, -0.2) is 33.3 Å². The molecule has 0 saturated heterocycles. The van der Waals surface area contributed by atoms with Crippen LogP contribution in [0, 0.1) is 0 Å². The summed E-state index contributed by atoms with van der Waals surface area (Å²) in [4.78, 5) is 2.22. The molecule has 3 heteroatoms. The van der Waals surface area contributed by atoms with E-state index in [1.54, 1.807) is 7.11 Å². The summed E-state index contributed by atoms with van der Waals surface area (Å²) in [7, 11) is 3.81. The number of nitrogens with zero attached hydrogens (tertiary/aromatic N) is 1. The van der Waals surface area contributed by atoms with E-state index < -0.39 is 0 Å². The van der Waals surface area contributed by atoms with E-state index in [9.17, 15) is 0 Å². The van der Waals surface area contributed by atoms with Gasteiger partial charge in [0.25, 0.3) is 0 Å². The fourth-order valence-corrected chi connectivity index (χ4v) is 1.69. The van der Waals surface area contributed by atoms with Crippen LogP contribution in [0.1, 0.15) is 20.3 Å². The molecule has 0 bridgehead atoms. The Bertz CT molecular complexity index is 328. The molecule has 0 fully saturated rings. The van der Waals surface area contributed by atoms with Gasteiger partial charge in [0.05, 0.1) is 12.8 Å². The summed E-state index contributed by atoms with van der Waals surface area (Å²) in [5.41, 5.74) is 1.14. The molecule has 0 aliphatic rings. The van der Waals surface area contributed by atoms with Gasteiger partial charge in [-0.05, 0) is 25.5 Å². The predicted octanol–water partition coefficient (Wildman–Crippen LogP) is 2.52. The van der Waals surface area contributed by atoms with Gasteiger partial charge in [-0.3, -0.25) is 0 Å². The van der Waals surface area contributed by atoms with Crippen molar-refractivity contribution in [2.24, 2.45) is 0 Å². The Labute approximate surface area is 105 Å². The molecule has 0 amide bonds. The van der Waals surface area contributed by atoms with E-state index in [2.05, 4.69) is 37.2 Å². The predicted molar refractivity (Wildman–Crippen MR) is 74.0 cm³/mol. The highest BCUT2D eigenvalue weighted by Crippen LogP contribution is 2.25. The lowest BCUT2D eigenvalue weighted by Gasteiger charge is -2.22. The molecule has 1 aromatic carbocycles. The van der Waals surface area contributed by atoms with Gasteiger partial charge in [-0.2, -0.15) is 0 Å².